The number of benzene rings is 2. The van der Waals surface area contributed by atoms with E-state index in [4.69, 9.17) is 13.8 Å². The van der Waals surface area contributed by atoms with Crippen molar-refractivity contribution in [3.8, 4) is 11.5 Å². The maximum atomic E-state index is 12.4. The summed E-state index contributed by atoms with van der Waals surface area (Å²) in [5.41, 5.74) is 0.950. The van der Waals surface area contributed by atoms with Gasteiger partial charge in [0.05, 0.1) is 18.1 Å². The minimum Gasteiger partial charge on any atom is -0.450 e. The summed E-state index contributed by atoms with van der Waals surface area (Å²) in [6, 6.07) is 10.8. The van der Waals surface area contributed by atoms with Gasteiger partial charge in [0.25, 0.3) is 5.91 Å². The summed E-state index contributed by atoms with van der Waals surface area (Å²) < 4.78 is 28.7. The number of hydrogen-bond donors (Lipinski definition) is 0. The summed E-state index contributed by atoms with van der Waals surface area (Å²) >= 11 is 1.03. The Bertz CT molecular complexity index is 971. The van der Waals surface area contributed by atoms with Crippen molar-refractivity contribution in [3.05, 3.63) is 63.7 Å². The monoisotopic (exact) mass is 452 g/mol. The predicted molar refractivity (Wildman–Crippen MR) is 113 cm³/mol. The lowest BCUT2D eigenvalue weighted by Gasteiger charge is -2.21. The molecule has 2 aromatic rings. The van der Waals surface area contributed by atoms with Crippen molar-refractivity contribution in [2.24, 2.45) is 0 Å². The maximum absolute atomic E-state index is 12.4. The van der Waals surface area contributed by atoms with Gasteiger partial charge in [0.15, 0.2) is 0 Å². The third-order valence-corrected chi connectivity index (χ3v) is 7.88. The minimum atomic E-state index is -3.21. The van der Waals surface area contributed by atoms with E-state index in [0.717, 1.165) is 11.4 Å². The molecule has 1 amide bonds. The van der Waals surface area contributed by atoms with E-state index in [1.807, 2.05) is 0 Å². The smallest absolute Gasteiger partial charge is 0.389 e. The number of carbonyl (C=O) groups excluding carboxylic acids is 1. The maximum Gasteiger partial charge on any atom is 0.389 e. The highest BCUT2D eigenvalue weighted by Gasteiger charge is 2.29. The number of rotatable bonds is 7. The van der Waals surface area contributed by atoms with E-state index in [1.54, 1.807) is 44.4 Å². The van der Waals surface area contributed by atoms with Crippen LogP contribution in [0.3, 0.4) is 0 Å². The predicted octanol–water partition coefficient (Wildman–Crippen LogP) is 4.87. The molecule has 0 radical (unpaired) electrons. The largest absolute Gasteiger partial charge is 0.450 e. The first-order chi connectivity index (χ1) is 14.3. The molecule has 2 aromatic carbocycles. The average molecular weight is 452 g/mol. The molecule has 1 saturated heterocycles. The Kier molecular flexibility index (Phi) is 7.14. The Balaban J connectivity index is 1.77. The van der Waals surface area contributed by atoms with Crippen LogP contribution in [0.1, 0.15) is 22.3 Å². The third kappa shape index (κ3) is 5.60. The lowest BCUT2D eigenvalue weighted by molar-refractivity contribution is -0.385. The molecule has 0 unspecified atom stereocenters. The fraction of sp³-hybridized carbons (Fsp3) is 0.316. The molecule has 3 rings (SSSR count). The SMILES string of the molecule is CN(C)C(=O)c1ccc(Oc2cc(CSP3(=O)OCCCO3)ccc2[N+](=O)[O-])cc1. The average Bonchev–Trinajstić information content (AvgIpc) is 2.73. The zero-order chi connectivity index (χ0) is 21.7. The fourth-order valence-electron chi connectivity index (χ4n) is 2.61. The van der Waals surface area contributed by atoms with E-state index >= 15 is 0 Å². The number of amides is 1. The number of nitro benzene ring substituents is 1. The van der Waals surface area contributed by atoms with Gasteiger partial charge in [-0.05, 0) is 53.7 Å². The van der Waals surface area contributed by atoms with Gasteiger partial charge in [-0.2, -0.15) is 0 Å². The van der Waals surface area contributed by atoms with Crippen LogP contribution in [0.4, 0.5) is 5.69 Å². The standard InChI is InChI=1S/C19H21N2O7PS/c1-20(2)19(22)15-5-7-16(8-6-15)28-18-12-14(4-9-17(18)21(23)24)13-30-29(25)26-10-3-11-27-29/h4-9,12H,3,10-11,13H2,1-2H3. The Hall–Kier alpha value is -2.39. The molecule has 1 heterocycles. The Morgan fingerprint density at radius 1 is 1.20 bits per heavy atom. The second-order valence-electron chi connectivity index (χ2n) is 6.63. The Labute approximate surface area is 177 Å². The van der Waals surface area contributed by atoms with Crippen LogP contribution >= 0.6 is 18.2 Å². The molecule has 1 aliphatic rings. The van der Waals surface area contributed by atoms with E-state index in [0.29, 0.717) is 36.5 Å². The first-order valence-corrected chi connectivity index (χ1v) is 12.2. The highest BCUT2D eigenvalue weighted by atomic mass is 32.7. The molecule has 0 atom stereocenters. The van der Waals surface area contributed by atoms with Gasteiger partial charge in [-0.15, -0.1) is 0 Å². The van der Waals surface area contributed by atoms with Crippen molar-refractivity contribution in [1.82, 2.24) is 4.90 Å². The molecule has 0 saturated carbocycles. The van der Waals surface area contributed by atoms with Crippen molar-refractivity contribution in [1.29, 1.82) is 0 Å². The Morgan fingerprint density at radius 2 is 1.87 bits per heavy atom. The van der Waals surface area contributed by atoms with Crippen LogP contribution in [-0.2, 0) is 19.4 Å². The Morgan fingerprint density at radius 3 is 2.47 bits per heavy atom. The van der Waals surface area contributed by atoms with Crippen LogP contribution < -0.4 is 4.74 Å². The second kappa shape index (κ2) is 9.61. The van der Waals surface area contributed by atoms with Crippen LogP contribution in [0, 0.1) is 10.1 Å². The summed E-state index contributed by atoms with van der Waals surface area (Å²) in [5, 5.41) is 11.4. The summed E-state index contributed by atoms with van der Waals surface area (Å²) in [5.74, 6) is 0.522. The molecule has 9 nitrogen and oxygen atoms in total. The lowest BCUT2D eigenvalue weighted by Crippen LogP contribution is -2.21. The summed E-state index contributed by atoms with van der Waals surface area (Å²) in [6.07, 6.45) is 0.693. The van der Waals surface area contributed by atoms with E-state index in [9.17, 15) is 19.5 Å². The van der Waals surface area contributed by atoms with E-state index in [2.05, 4.69) is 0 Å². The van der Waals surface area contributed by atoms with Crippen LogP contribution in [0.15, 0.2) is 42.5 Å². The summed E-state index contributed by atoms with van der Waals surface area (Å²) in [6.45, 7) is -2.45. The van der Waals surface area contributed by atoms with Gasteiger partial charge in [0.2, 0.25) is 5.75 Å². The number of ether oxygens (including phenoxy) is 1. The topological polar surface area (TPSA) is 108 Å². The van der Waals surface area contributed by atoms with E-state index in [1.165, 1.54) is 17.0 Å². The van der Waals surface area contributed by atoms with Gasteiger partial charge < -0.3 is 18.7 Å². The van der Waals surface area contributed by atoms with Gasteiger partial charge >= 0.3 is 12.5 Å². The second-order valence-corrected chi connectivity index (χ2v) is 10.7. The number of hydrogen-bond acceptors (Lipinski definition) is 8. The number of carbonyl (C=O) groups is 1. The molecule has 1 fully saturated rings. The molecule has 30 heavy (non-hydrogen) atoms. The quantitative estimate of drug-likeness (QED) is 0.333. The highest BCUT2D eigenvalue weighted by molar-refractivity contribution is 8.54. The highest BCUT2D eigenvalue weighted by Crippen LogP contribution is 2.63. The molecule has 160 valence electrons. The molecule has 0 spiro atoms. The van der Waals surface area contributed by atoms with Gasteiger partial charge in [0.1, 0.15) is 5.75 Å². The van der Waals surface area contributed by atoms with Crippen molar-refractivity contribution in [2.45, 2.75) is 12.2 Å². The molecule has 0 bridgehead atoms. The lowest BCUT2D eigenvalue weighted by atomic mass is 10.2. The molecule has 11 heteroatoms. The molecular weight excluding hydrogens is 431 g/mol. The third-order valence-electron chi connectivity index (χ3n) is 4.13. The fourth-order valence-corrected chi connectivity index (χ4v) is 5.84. The first-order valence-electron chi connectivity index (χ1n) is 9.08. The van der Waals surface area contributed by atoms with Crippen molar-refractivity contribution < 1.29 is 28.1 Å². The van der Waals surface area contributed by atoms with Gasteiger partial charge in [-0.3, -0.25) is 14.9 Å². The summed E-state index contributed by atoms with van der Waals surface area (Å²) in [7, 11) is 3.30. The van der Waals surface area contributed by atoms with Crippen molar-refractivity contribution >= 4 is 29.8 Å². The van der Waals surface area contributed by atoms with Crippen LogP contribution in [0.5, 0.6) is 11.5 Å². The van der Waals surface area contributed by atoms with Crippen LogP contribution in [-0.4, -0.2) is 43.0 Å². The molecular formula is C19H21N2O7PS. The summed E-state index contributed by atoms with van der Waals surface area (Å²) in [4.78, 5) is 24.3. The van der Waals surface area contributed by atoms with Crippen molar-refractivity contribution in [2.75, 3.05) is 27.3 Å². The number of nitrogens with zero attached hydrogens (tertiary/aromatic N) is 2. The zero-order valence-electron chi connectivity index (χ0n) is 16.5. The van der Waals surface area contributed by atoms with Crippen molar-refractivity contribution in [3.63, 3.8) is 0 Å². The zero-order valence-corrected chi connectivity index (χ0v) is 18.2. The molecule has 0 aromatic heterocycles. The molecule has 1 aliphatic heterocycles. The minimum absolute atomic E-state index is 0.0496. The van der Waals surface area contributed by atoms with E-state index in [-0.39, 0.29) is 23.1 Å². The van der Waals surface area contributed by atoms with Gasteiger partial charge in [0, 0.05) is 31.5 Å². The molecule has 0 aliphatic carbocycles. The molecule has 0 N–H and O–H groups in total. The van der Waals surface area contributed by atoms with Crippen LogP contribution in [0.2, 0.25) is 0 Å². The van der Waals surface area contributed by atoms with E-state index < -0.39 is 11.7 Å². The van der Waals surface area contributed by atoms with Gasteiger partial charge in [-0.25, -0.2) is 4.57 Å². The van der Waals surface area contributed by atoms with Crippen LogP contribution in [0.25, 0.3) is 0 Å². The van der Waals surface area contributed by atoms with Gasteiger partial charge in [-0.1, -0.05) is 6.07 Å². The number of nitro groups is 1. The normalized spacial score (nSPS) is 15.4. The first kappa shape index (κ1) is 22.3.